The van der Waals surface area contributed by atoms with E-state index in [1.165, 1.54) is 0 Å². The number of aryl methyl sites for hydroxylation is 1. The number of Topliss-reactive ketones (excluding diaryl/α,β-unsaturated/α-hetero) is 1. The minimum atomic E-state index is -3.22. The van der Waals surface area contributed by atoms with E-state index < -0.39 is 9.84 Å². The quantitative estimate of drug-likeness (QED) is 0.666. The van der Waals surface area contributed by atoms with Gasteiger partial charge in [0.15, 0.2) is 15.6 Å². The summed E-state index contributed by atoms with van der Waals surface area (Å²) in [4.78, 5) is 12.8. The number of nitrogens with one attached hydrogen (secondary N) is 1. The molecule has 1 aliphatic heterocycles. The Bertz CT molecular complexity index is 1060. The van der Waals surface area contributed by atoms with Gasteiger partial charge in [-0.15, -0.1) is 0 Å². The number of carbonyl (C=O) groups is 1. The molecule has 0 aliphatic carbocycles. The van der Waals surface area contributed by atoms with E-state index >= 15 is 0 Å². The predicted molar refractivity (Wildman–Crippen MR) is 122 cm³/mol. The van der Waals surface area contributed by atoms with Crippen LogP contribution in [-0.2, 0) is 21.1 Å². The van der Waals surface area contributed by atoms with Crippen LogP contribution in [0.5, 0.6) is 0 Å². The summed E-state index contributed by atoms with van der Waals surface area (Å²) >= 11 is 0. The Morgan fingerprint density at radius 1 is 1.19 bits per heavy atom. The molecule has 1 fully saturated rings. The molecule has 164 valence electrons. The van der Waals surface area contributed by atoms with Crippen molar-refractivity contribution in [3.8, 4) is 17.2 Å². The number of hydrogen-bond acceptors (Lipinski definition) is 5. The largest absolute Gasteiger partial charge is 0.307 e. The third-order valence-electron chi connectivity index (χ3n) is 6.01. The highest BCUT2D eigenvalue weighted by Gasteiger charge is 2.23. The lowest BCUT2D eigenvalue weighted by molar-refractivity contribution is -0.122. The van der Waals surface area contributed by atoms with Crippen LogP contribution in [-0.4, -0.2) is 32.5 Å². The molecule has 2 aromatic rings. The van der Waals surface area contributed by atoms with Gasteiger partial charge < -0.3 is 5.32 Å². The average molecular weight is 439 g/mol. The first-order valence-corrected chi connectivity index (χ1v) is 12.6. The number of ketones is 1. The van der Waals surface area contributed by atoms with Gasteiger partial charge in [0.2, 0.25) is 0 Å². The standard InChI is InChI=1S/C25H30N2O3S/c1-3-31(29,30)22-11-12-23(18(2)14-22)21-9-7-19(8-10-21)15-20(17-26)16-25(28)24-6-4-5-13-27-24/h7-12,14,20,24,27H,3-6,13,15-16H2,1-2H3/t20-,24+/m1/s1. The summed E-state index contributed by atoms with van der Waals surface area (Å²) in [6.07, 6.45) is 3.86. The van der Waals surface area contributed by atoms with Crippen LogP contribution in [0.15, 0.2) is 47.4 Å². The van der Waals surface area contributed by atoms with Crippen molar-refractivity contribution in [2.75, 3.05) is 12.3 Å². The van der Waals surface area contributed by atoms with Gasteiger partial charge in [0.1, 0.15) is 0 Å². The molecule has 0 radical (unpaired) electrons. The van der Waals surface area contributed by atoms with E-state index in [1.54, 1.807) is 19.1 Å². The highest BCUT2D eigenvalue weighted by Crippen LogP contribution is 2.27. The zero-order valence-corrected chi connectivity index (χ0v) is 19.0. The maximum absolute atomic E-state index is 12.5. The normalized spacial score (nSPS) is 17.6. The third kappa shape index (κ3) is 5.81. The third-order valence-corrected chi connectivity index (χ3v) is 7.75. The van der Waals surface area contributed by atoms with E-state index in [0.717, 1.165) is 48.1 Å². The van der Waals surface area contributed by atoms with Gasteiger partial charge in [-0.2, -0.15) is 5.26 Å². The van der Waals surface area contributed by atoms with Gasteiger partial charge in [0.05, 0.1) is 28.7 Å². The SMILES string of the molecule is CCS(=O)(=O)c1ccc(-c2ccc(C[C@@H](C#N)CC(=O)[C@@H]3CCCCN3)cc2)c(C)c1. The van der Waals surface area contributed by atoms with E-state index in [9.17, 15) is 18.5 Å². The van der Waals surface area contributed by atoms with Crippen molar-refractivity contribution < 1.29 is 13.2 Å². The summed E-state index contributed by atoms with van der Waals surface area (Å²) in [7, 11) is -3.22. The van der Waals surface area contributed by atoms with Crippen LogP contribution < -0.4 is 5.32 Å². The topological polar surface area (TPSA) is 87.0 Å². The highest BCUT2D eigenvalue weighted by molar-refractivity contribution is 7.91. The Kier molecular flexibility index (Phi) is 7.64. The number of sulfone groups is 1. The summed E-state index contributed by atoms with van der Waals surface area (Å²) in [6, 6.07) is 15.4. The van der Waals surface area contributed by atoms with Crippen molar-refractivity contribution in [1.82, 2.24) is 5.32 Å². The van der Waals surface area contributed by atoms with Crippen LogP contribution in [0.2, 0.25) is 0 Å². The fraction of sp³-hybridized carbons (Fsp3) is 0.440. The monoisotopic (exact) mass is 438 g/mol. The highest BCUT2D eigenvalue weighted by atomic mass is 32.2. The van der Waals surface area contributed by atoms with Crippen LogP contribution in [0.25, 0.3) is 11.1 Å². The molecule has 0 saturated carbocycles. The van der Waals surface area contributed by atoms with Crippen LogP contribution in [0.1, 0.15) is 43.7 Å². The summed E-state index contributed by atoms with van der Waals surface area (Å²) in [6.45, 7) is 4.43. The number of nitriles is 1. The molecule has 0 bridgehead atoms. The lowest BCUT2D eigenvalue weighted by Crippen LogP contribution is -2.41. The molecule has 0 spiro atoms. The summed E-state index contributed by atoms with van der Waals surface area (Å²) in [5, 5.41) is 12.8. The Balaban J connectivity index is 1.68. The van der Waals surface area contributed by atoms with Gasteiger partial charge in [-0.25, -0.2) is 8.42 Å². The number of nitrogens with zero attached hydrogens (tertiary/aromatic N) is 1. The number of carbonyl (C=O) groups excluding carboxylic acids is 1. The zero-order valence-electron chi connectivity index (χ0n) is 18.2. The molecule has 0 amide bonds. The molecule has 2 atom stereocenters. The molecule has 1 N–H and O–H groups in total. The maximum Gasteiger partial charge on any atom is 0.178 e. The second-order valence-electron chi connectivity index (χ2n) is 8.28. The molecule has 5 nitrogen and oxygen atoms in total. The minimum Gasteiger partial charge on any atom is -0.307 e. The van der Waals surface area contributed by atoms with Gasteiger partial charge in [0, 0.05) is 6.42 Å². The second kappa shape index (κ2) is 10.2. The summed E-state index contributed by atoms with van der Waals surface area (Å²) in [5.41, 5.74) is 3.90. The Morgan fingerprint density at radius 3 is 2.52 bits per heavy atom. The molecule has 1 heterocycles. The average Bonchev–Trinajstić information content (AvgIpc) is 2.79. The van der Waals surface area contributed by atoms with Crippen molar-refractivity contribution in [1.29, 1.82) is 5.26 Å². The van der Waals surface area contributed by atoms with E-state index in [0.29, 0.717) is 11.3 Å². The number of piperidine rings is 1. The van der Waals surface area contributed by atoms with Crippen LogP contribution in [0, 0.1) is 24.2 Å². The summed E-state index contributed by atoms with van der Waals surface area (Å²) in [5.74, 6) is -0.109. The van der Waals surface area contributed by atoms with Crippen molar-refractivity contribution >= 4 is 15.6 Å². The van der Waals surface area contributed by atoms with Crippen molar-refractivity contribution in [2.24, 2.45) is 5.92 Å². The van der Waals surface area contributed by atoms with Crippen LogP contribution in [0.3, 0.4) is 0 Å². The molecule has 6 heteroatoms. The fourth-order valence-corrected chi connectivity index (χ4v) is 5.07. The lowest BCUT2D eigenvalue weighted by atomic mass is 9.90. The Labute approximate surface area is 185 Å². The zero-order chi connectivity index (χ0) is 22.4. The minimum absolute atomic E-state index is 0.0832. The number of hydrogen-bond donors (Lipinski definition) is 1. The second-order valence-corrected chi connectivity index (χ2v) is 10.6. The molecule has 1 aliphatic rings. The molecule has 0 unspecified atom stereocenters. The molecule has 31 heavy (non-hydrogen) atoms. The van der Waals surface area contributed by atoms with Gasteiger partial charge in [-0.05, 0) is 67.1 Å². The molecule has 1 saturated heterocycles. The van der Waals surface area contributed by atoms with Crippen molar-refractivity contribution in [2.45, 2.75) is 56.9 Å². The first-order chi connectivity index (χ1) is 14.8. The number of rotatable bonds is 8. The molecular formula is C25H30N2O3S. The van der Waals surface area contributed by atoms with Gasteiger partial charge >= 0.3 is 0 Å². The maximum atomic E-state index is 12.5. The van der Waals surface area contributed by atoms with E-state index in [-0.39, 0.29) is 29.9 Å². The molecule has 0 aromatic heterocycles. The van der Waals surface area contributed by atoms with Crippen molar-refractivity contribution in [3.05, 3.63) is 53.6 Å². The van der Waals surface area contributed by atoms with Gasteiger partial charge in [-0.3, -0.25) is 4.79 Å². The van der Waals surface area contributed by atoms with Crippen LogP contribution in [0.4, 0.5) is 0 Å². The molecule has 3 rings (SSSR count). The lowest BCUT2D eigenvalue weighted by Gasteiger charge is -2.23. The first-order valence-electron chi connectivity index (χ1n) is 10.9. The van der Waals surface area contributed by atoms with E-state index in [4.69, 9.17) is 0 Å². The van der Waals surface area contributed by atoms with Gasteiger partial charge in [0.25, 0.3) is 0 Å². The van der Waals surface area contributed by atoms with Crippen LogP contribution >= 0.6 is 0 Å². The predicted octanol–water partition coefficient (Wildman–Crippen LogP) is 4.24. The van der Waals surface area contributed by atoms with Gasteiger partial charge in [-0.1, -0.05) is 43.7 Å². The summed E-state index contributed by atoms with van der Waals surface area (Å²) < 4.78 is 24.2. The van der Waals surface area contributed by atoms with E-state index in [1.807, 2.05) is 37.3 Å². The Morgan fingerprint density at radius 2 is 1.94 bits per heavy atom. The molecule has 2 aromatic carbocycles. The van der Waals surface area contributed by atoms with Crippen molar-refractivity contribution in [3.63, 3.8) is 0 Å². The molecular weight excluding hydrogens is 408 g/mol. The number of benzene rings is 2. The first kappa shape index (κ1) is 23.2. The Hall–Kier alpha value is -2.49. The fourth-order valence-electron chi connectivity index (χ4n) is 4.10. The van der Waals surface area contributed by atoms with E-state index in [2.05, 4.69) is 11.4 Å². The smallest absolute Gasteiger partial charge is 0.178 e.